The smallest absolute Gasteiger partial charge is 0.0460 e. The molecule has 0 bridgehead atoms. The maximum atomic E-state index is 9.20. The fourth-order valence-corrected chi connectivity index (χ4v) is 3.07. The van der Waals surface area contributed by atoms with Crippen LogP contribution in [-0.2, 0) is 6.54 Å². The molecule has 0 amide bonds. The van der Waals surface area contributed by atoms with Gasteiger partial charge in [-0.25, -0.2) is 0 Å². The van der Waals surface area contributed by atoms with Crippen LogP contribution in [0.15, 0.2) is 22.7 Å². The van der Waals surface area contributed by atoms with Crippen molar-refractivity contribution in [2.45, 2.75) is 39.3 Å². The van der Waals surface area contributed by atoms with Gasteiger partial charge >= 0.3 is 0 Å². The first-order valence-corrected chi connectivity index (χ1v) is 8.27. The van der Waals surface area contributed by atoms with E-state index in [0.29, 0.717) is 18.6 Å². The second-order valence-corrected chi connectivity index (χ2v) is 6.78. The number of hydrogen-bond acceptors (Lipinski definition) is 3. The summed E-state index contributed by atoms with van der Waals surface area (Å²) < 4.78 is 1.17. The third-order valence-corrected chi connectivity index (χ3v) is 4.71. The molecular weight excluding hydrogens is 316 g/mol. The number of aliphatic hydroxyl groups excluding tert-OH is 1. The standard InChI is InChI=1S/C16H25BrN2O/c1-12(2)18-10-14-3-4-15(9-16(14)17)19-7-5-13(11-20)6-8-19/h3-4,9,12-13,18,20H,5-8,10-11H2,1-2H3. The number of aliphatic hydroxyl groups is 1. The number of hydrogen-bond donors (Lipinski definition) is 2. The van der Waals surface area contributed by atoms with E-state index in [9.17, 15) is 5.11 Å². The lowest BCUT2D eigenvalue weighted by molar-refractivity contribution is 0.203. The molecule has 1 aliphatic heterocycles. The molecule has 112 valence electrons. The molecule has 4 heteroatoms. The minimum atomic E-state index is 0.331. The zero-order valence-electron chi connectivity index (χ0n) is 12.4. The molecule has 0 aliphatic carbocycles. The summed E-state index contributed by atoms with van der Waals surface area (Å²) in [7, 11) is 0. The topological polar surface area (TPSA) is 35.5 Å². The molecule has 0 radical (unpaired) electrons. The van der Waals surface area contributed by atoms with E-state index >= 15 is 0 Å². The van der Waals surface area contributed by atoms with Gasteiger partial charge in [-0.1, -0.05) is 35.8 Å². The lowest BCUT2D eigenvalue weighted by Gasteiger charge is -2.33. The van der Waals surface area contributed by atoms with Gasteiger partial charge in [0.15, 0.2) is 0 Å². The molecule has 20 heavy (non-hydrogen) atoms. The van der Waals surface area contributed by atoms with E-state index in [1.807, 2.05) is 0 Å². The van der Waals surface area contributed by atoms with Crippen molar-refractivity contribution in [1.29, 1.82) is 0 Å². The number of halogens is 1. The maximum absolute atomic E-state index is 9.20. The summed E-state index contributed by atoms with van der Waals surface area (Å²) in [6.07, 6.45) is 2.18. The largest absolute Gasteiger partial charge is 0.396 e. The van der Waals surface area contributed by atoms with Gasteiger partial charge in [-0.15, -0.1) is 0 Å². The number of anilines is 1. The molecule has 0 saturated carbocycles. The summed E-state index contributed by atoms with van der Waals surface area (Å²) in [6, 6.07) is 7.13. The summed E-state index contributed by atoms with van der Waals surface area (Å²) in [4.78, 5) is 2.41. The van der Waals surface area contributed by atoms with Crippen molar-refractivity contribution in [1.82, 2.24) is 5.32 Å². The quantitative estimate of drug-likeness (QED) is 0.864. The van der Waals surface area contributed by atoms with E-state index in [-0.39, 0.29) is 0 Å². The van der Waals surface area contributed by atoms with Crippen molar-refractivity contribution >= 4 is 21.6 Å². The third kappa shape index (κ3) is 4.21. The number of benzene rings is 1. The van der Waals surface area contributed by atoms with Gasteiger partial charge in [0.05, 0.1) is 0 Å². The highest BCUT2D eigenvalue weighted by molar-refractivity contribution is 9.10. The van der Waals surface area contributed by atoms with Gasteiger partial charge < -0.3 is 15.3 Å². The third-order valence-electron chi connectivity index (χ3n) is 3.98. The molecule has 0 aromatic heterocycles. The monoisotopic (exact) mass is 340 g/mol. The Morgan fingerprint density at radius 3 is 2.60 bits per heavy atom. The first-order valence-electron chi connectivity index (χ1n) is 7.47. The Labute approximate surface area is 130 Å². The summed E-state index contributed by atoms with van der Waals surface area (Å²) in [5.74, 6) is 0.490. The van der Waals surface area contributed by atoms with Crippen molar-refractivity contribution in [3.05, 3.63) is 28.2 Å². The Kier molecular flexibility index (Phi) is 5.87. The number of nitrogens with one attached hydrogen (secondary N) is 1. The van der Waals surface area contributed by atoms with Crippen LogP contribution in [0, 0.1) is 5.92 Å². The molecule has 0 atom stereocenters. The van der Waals surface area contributed by atoms with Gasteiger partial charge in [-0.3, -0.25) is 0 Å². The van der Waals surface area contributed by atoms with Crippen molar-refractivity contribution in [3.8, 4) is 0 Å². The molecule has 1 aliphatic rings. The molecule has 1 aromatic carbocycles. The molecule has 1 fully saturated rings. The Bertz CT molecular complexity index is 428. The zero-order valence-corrected chi connectivity index (χ0v) is 14.0. The SMILES string of the molecule is CC(C)NCc1ccc(N2CCC(CO)CC2)cc1Br. The number of rotatable bonds is 5. The van der Waals surface area contributed by atoms with E-state index in [0.717, 1.165) is 32.5 Å². The van der Waals surface area contributed by atoms with Gasteiger partial charge in [0.25, 0.3) is 0 Å². The summed E-state index contributed by atoms with van der Waals surface area (Å²) in [5, 5.41) is 12.6. The van der Waals surface area contributed by atoms with Crippen LogP contribution in [0.5, 0.6) is 0 Å². The normalized spacial score (nSPS) is 16.9. The number of nitrogens with zero attached hydrogens (tertiary/aromatic N) is 1. The van der Waals surface area contributed by atoms with E-state index < -0.39 is 0 Å². The average molecular weight is 341 g/mol. The zero-order chi connectivity index (χ0) is 14.5. The molecule has 1 heterocycles. The van der Waals surface area contributed by atoms with Crippen molar-refractivity contribution < 1.29 is 5.11 Å². The maximum Gasteiger partial charge on any atom is 0.0460 e. The van der Waals surface area contributed by atoms with Crippen LogP contribution in [0.4, 0.5) is 5.69 Å². The Morgan fingerprint density at radius 2 is 2.05 bits per heavy atom. The predicted octanol–water partition coefficient (Wildman–Crippen LogP) is 3.16. The lowest BCUT2D eigenvalue weighted by atomic mass is 9.97. The minimum Gasteiger partial charge on any atom is -0.396 e. The summed E-state index contributed by atoms with van der Waals surface area (Å²) in [5.41, 5.74) is 2.58. The molecule has 1 saturated heterocycles. The van der Waals surface area contributed by atoms with Gasteiger partial charge in [-0.05, 0) is 36.5 Å². The highest BCUT2D eigenvalue weighted by atomic mass is 79.9. The summed E-state index contributed by atoms with van der Waals surface area (Å²) in [6.45, 7) is 7.63. The fourth-order valence-electron chi connectivity index (χ4n) is 2.56. The van der Waals surface area contributed by atoms with Crippen LogP contribution in [0.3, 0.4) is 0 Å². The van der Waals surface area contributed by atoms with Gasteiger partial charge in [0.2, 0.25) is 0 Å². The molecule has 0 spiro atoms. The Morgan fingerprint density at radius 1 is 1.35 bits per heavy atom. The van der Waals surface area contributed by atoms with E-state index in [1.54, 1.807) is 0 Å². The minimum absolute atomic E-state index is 0.331. The Balaban J connectivity index is 1.98. The van der Waals surface area contributed by atoms with Gasteiger partial charge in [0.1, 0.15) is 0 Å². The highest BCUT2D eigenvalue weighted by Crippen LogP contribution is 2.27. The van der Waals surface area contributed by atoms with E-state index in [4.69, 9.17) is 0 Å². The van der Waals surface area contributed by atoms with E-state index in [1.165, 1.54) is 15.7 Å². The average Bonchev–Trinajstić information content (AvgIpc) is 2.46. The second-order valence-electron chi connectivity index (χ2n) is 5.92. The predicted molar refractivity (Wildman–Crippen MR) is 88.1 cm³/mol. The van der Waals surface area contributed by atoms with E-state index in [2.05, 4.69) is 58.2 Å². The van der Waals surface area contributed by atoms with Crippen molar-refractivity contribution in [2.24, 2.45) is 5.92 Å². The Hall–Kier alpha value is -0.580. The molecule has 1 aromatic rings. The van der Waals surface area contributed by atoms with Crippen LogP contribution in [-0.4, -0.2) is 30.8 Å². The molecular formula is C16H25BrN2O. The van der Waals surface area contributed by atoms with Crippen LogP contribution in [0.2, 0.25) is 0 Å². The van der Waals surface area contributed by atoms with Gasteiger partial charge in [0, 0.05) is 42.4 Å². The van der Waals surface area contributed by atoms with Crippen LogP contribution in [0.25, 0.3) is 0 Å². The summed E-state index contributed by atoms with van der Waals surface area (Å²) >= 11 is 3.68. The van der Waals surface area contributed by atoms with Crippen molar-refractivity contribution in [3.63, 3.8) is 0 Å². The van der Waals surface area contributed by atoms with Crippen molar-refractivity contribution in [2.75, 3.05) is 24.6 Å². The first-order chi connectivity index (χ1) is 9.60. The van der Waals surface area contributed by atoms with Crippen LogP contribution in [0.1, 0.15) is 32.3 Å². The van der Waals surface area contributed by atoms with Crippen LogP contribution < -0.4 is 10.2 Å². The van der Waals surface area contributed by atoms with Crippen LogP contribution >= 0.6 is 15.9 Å². The molecule has 2 rings (SSSR count). The van der Waals surface area contributed by atoms with Gasteiger partial charge in [-0.2, -0.15) is 0 Å². The highest BCUT2D eigenvalue weighted by Gasteiger charge is 2.19. The second kappa shape index (κ2) is 7.43. The first kappa shape index (κ1) is 15.8. The fraction of sp³-hybridized carbons (Fsp3) is 0.625. The number of piperidine rings is 1. The molecule has 3 nitrogen and oxygen atoms in total. The lowest BCUT2D eigenvalue weighted by Crippen LogP contribution is -2.34. The molecule has 0 unspecified atom stereocenters. The molecule has 2 N–H and O–H groups in total.